The van der Waals surface area contributed by atoms with Crippen molar-refractivity contribution in [2.45, 2.75) is 0 Å². The summed E-state index contributed by atoms with van der Waals surface area (Å²) in [6, 6.07) is 9.73. The normalized spacial score (nSPS) is 10.8. The molecule has 0 bridgehead atoms. The van der Waals surface area contributed by atoms with Gasteiger partial charge >= 0.3 is 0 Å². The number of imidazole rings is 1. The van der Waals surface area contributed by atoms with E-state index in [4.69, 9.17) is 9.47 Å². The number of carbonyl (C=O) groups is 1. The summed E-state index contributed by atoms with van der Waals surface area (Å²) in [6.07, 6.45) is 7.68. The third-order valence-electron chi connectivity index (χ3n) is 3.80. The second-order valence-corrected chi connectivity index (χ2v) is 5.60. The highest BCUT2D eigenvalue weighted by molar-refractivity contribution is 6.02. The largest absolute Gasteiger partial charge is 0.497 e. The van der Waals surface area contributed by atoms with Crippen LogP contribution in [-0.2, 0) is 4.79 Å². The zero-order chi connectivity index (χ0) is 19.2. The van der Waals surface area contributed by atoms with Gasteiger partial charge in [0.1, 0.15) is 17.3 Å². The molecule has 0 atom stereocenters. The molecule has 6 nitrogen and oxygen atoms in total. The molecule has 0 aliphatic heterocycles. The number of nitrogens with one attached hydrogen (secondary N) is 1. The minimum absolute atomic E-state index is 0.351. The quantitative estimate of drug-likeness (QED) is 0.675. The molecular formula is C20H18FN3O3. The molecule has 0 radical (unpaired) electrons. The van der Waals surface area contributed by atoms with Crippen molar-refractivity contribution in [3.05, 3.63) is 72.6 Å². The molecule has 138 valence electrons. The lowest BCUT2D eigenvalue weighted by atomic mass is 10.2. The van der Waals surface area contributed by atoms with Gasteiger partial charge in [-0.2, -0.15) is 0 Å². The summed E-state index contributed by atoms with van der Waals surface area (Å²) in [5, 5.41) is 2.63. The van der Waals surface area contributed by atoms with Crippen LogP contribution in [0, 0.1) is 5.82 Å². The maximum absolute atomic E-state index is 14.2. The first-order chi connectivity index (χ1) is 13.1. The van der Waals surface area contributed by atoms with Crippen LogP contribution in [0.4, 0.5) is 10.1 Å². The van der Waals surface area contributed by atoms with Crippen molar-refractivity contribution in [2.75, 3.05) is 19.5 Å². The number of carbonyl (C=O) groups excluding carboxylic acids is 1. The molecule has 0 saturated heterocycles. The van der Waals surface area contributed by atoms with E-state index < -0.39 is 5.82 Å². The van der Waals surface area contributed by atoms with E-state index in [1.165, 1.54) is 18.5 Å². The fourth-order valence-corrected chi connectivity index (χ4v) is 2.48. The molecule has 1 N–H and O–H groups in total. The first-order valence-corrected chi connectivity index (χ1v) is 8.09. The summed E-state index contributed by atoms with van der Waals surface area (Å²) in [5.41, 5.74) is 1.45. The van der Waals surface area contributed by atoms with Gasteiger partial charge in [0.25, 0.3) is 0 Å². The number of methoxy groups -OCH3 is 2. The van der Waals surface area contributed by atoms with Crippen molar-refractivity contribution in [1.29, 1.82) is 0 Å². The number of ether oxygens (including phenoxy) is 2. The lowest BCUT2D eigenvalue weighted by molar-refractivity contribution is -0.111. The molecule has 3 rings (SSSR count). The third-order valence-corrected chi connectivity index (χ3v) is 3.80. The van der Waals surface area contributed by atoms with Crippen LogP contribution in [0.1, 0.15) is 5.56 Å². The van der Waals surface area contributed by atoms with Gasteiger partial charge in [-0.3, -0.25) is 4.79 Å². The van der Waals surface area contributed by atoms with Crippen LogP contribution in [0.5, 0.6) is 11.5 Å². The molecule has 0 aliphatic rings. The zero-order valence-corrected chi connectivity index (χ0v) is 14.8. The van der Waals surface area contributed by atoms with Gasteiger partial charge in [0, 0.05) is 30.2 Å². The van der Waals surface area contributed by atoms with Gasteiger partial charge in [0.15, 0.2) is 0 Å². The molecule has 0 unspecified atom stereocenters. The van der Waals surface area contributed by atoms with Crippen LogP contribution in [0.25, 0.3) is 11.8 Å². The number of aromatic nitrogens is 2. The van der Waals surface area contributed by atoms with E-state index in [-0.39, 0.29) is 5.91 Å². The summed E-state index contributed by atoms with van der Waals surface area (Å²) >= 11 is 0. The van der Waals surface area contributed by atoms with Crippen molar-refractivity contribution < 1.29 is 18.7 Å². The Morgan fingerprint density at radius 3 is 2.48 bits per heavy atom. The second kappa shape index (κ2) is 8.18. The van der Waals surface area contributed by atoms with Crippen molar-refractivity contribution in [3.8, 4) is 17.2 Å². The van der Waals surface area contributed by atoms with Gasteiger partial charge < -0.3 is 19.4 Å². The number of hydrogen-bond donors (Lipinski definition) is 1. The number of hydrogen-bond acceptors (Lipinski definition) is 4. The number of halogens is 1. The Morgan fingerprint density at radius 2 is 1.89 bits per heavy atom. The second-order valence-electron chi connectivity index (χ2n) is 5.60. The molecule has 0 aliphatic carbocycles. The number of benzene rings is 2. The first-order valence-electron chi connectivity index (χ1n) is 8.09. The van der Waals surface area contributed by atoms with Crippen molar-refractivity contribution in [1.82, 2.24) is 9.55 Å². The number of nitrogens with zero attached hydrogens (tertiary/aromatic N) is 2. The summed E-state index contributed by atoms with van der Waals surface area (Å²) in [6.45, 7) is 0. The van der Waals surface area contributed by atoms with E-state index in [1.807, 2.05) is 0 Å². The van der Waals surface area contributed by atoms with Crippen molar-refractivity contribution in [2.24, 2.45) is 0 Å². The molecule has 0 saturated carbocycles. The standard InChI is InChI=1S/C20H18FN3O3/c1-26-16-9-14(10-17(12-16)27-2)3-6-20(25)23-15-4-5-19(18(21)11-15)24-8-7-22-13-24/h3-13H,1-2H3,(H,23,25)/b6-3-. The lowest BCUT2D eigenvalue weighted by Crippen LogP contribution is -2.08. The molecule has 1 aromatic heterocycles. The van der Waals surface area contributed by atoms with E-state index in [0.717, 1.165) is 5.56 Å². The predicted octanol–water partition coefficient (Wildman–Crippen LogP) is 3.68. The van der Waals surface area contributed by atoms with Gasteiger partial charge in [-0.05, 0) is 42.0 Å². The van der Waals surface area contributed by atoms with Crippen molar-refractivity contribution in [3.63, 3.8) is 0 Å². The van der Waals surface area contributed by atoms with E-state index in [1.54, 1.807) is 67.6 Å². The lowest BCUT2D eigenvalue weighted by Gasteiger charge is -2.07. The number of amides is 1. The molecule has 1 heterocycles. The van der Waals surface area contributed by atoms with Crippen LogP contribution in [0.3, 0.4) is 0 Å². The Kier molecular flexibility index (Phi) is 5.51. The highest BCUT2D eigenvalue weighted by Gasteiger charge is 2.07. The van der Waals surface area contributed by atoms with Crippen LogP contribution in [0.2, 0.25) is 0 Å². The molecule has 3 aromatic rings. The summed E-state index contributed by atoms with van der Waals surface area (Å²) in [5.74, 6) is 0.386. The summed E-state index contributed by atoms with van der Waals surface area (Å²) in [4.78, 5) is 16.0. The highest BCUT2D eigenvalue weighted by atomic mass is 19.1. The average Bonchev–Trinajstić information content (AvgIpc) is 3.20. The van der Waals surface area contributed by atoms with Gasteiger partial charge in [0.2, 0.25) is 5.91 Å². The predicted molar refractivity (Wildman–Crippen MR) is 101 cm³/mol. The Labute approximate surface area is 155 Å². The fraction of sp³-hybridized carbons (Fsp3) is 0.100. The van der Waals surface area contributed by atoms with Gasteiger partial charge in [-0.15, -0.1) is 0 Å². The Bertz CT molecular complexity index is 946. The Hall–Kier alpha value is -3.61. The number of rotatable bonds is 6. The molecule has 1 amide bonds. The van der Waals surface area contributed by atoms with Gasteiger partial charge in [-0.1, -0.05) is 0 Å². The minimum atomic E-state index is -0.465. The average molecular weight is 367 g/mol. The van der Waals surface area contributed by atoms with Gasteiger partial charge in [0.05, 0.1) is 26.2 Å². The van der Waals surface area contributed by atoms with Crippen LogP contribution < -0.4 is 14.8 Å². The molecule has 2 aromatic carbocycles. The van der Waals surface area contributed by atoms with E-state index >= 15 is 0 Å². The summed E-state index contributed by atoms with van der Waals surface area (Å²) in [7, 11) is 3.11. The third kappa shape index (κ3) is 4.52. The van der Waals surface area contributed by atoms with Gasteiger partial charge in [-0.25, -0.2) is 9.37 Å². The fourth-order valence-electron chi connectivity index (χ4n) is 2.48. The van der Waals surface area contributed by atoms with Crippen LogP contribution >= 0.6 is 0 Å². The maximum atomic E-state index is 14.2. The SMILES string of the molecule is COc1cc(/C=C\C(=O)Nc2ccc(-n3ccnc3)c(F)c2)cc(OC)c1. The molecule has 27 heavy (non-hydrogen) atoms. The number of anilines is 1. The Balaban J connectivity index is 1.71. The van der Waals surface area contributed by atoms with E-state index in [9.17, 15) is 9.18 Å². The molecular weight excluding hydrogens is 349 g/mol. The molecule has 0 spiro atoms. The first kappa shape index (κ1) is 18.2. The molecule has 7 heteroatoms. The van der Waals surface area contributed by atoms with E-state index in [0.29, 0.717) is 22.9 Å². The van der Waals surface area contributed by atoms with Crippen LogP contribution in [0.15, 0.2) is 61.2 Å². The monoisotopic (exact) mass is 367 g/mol. The molecule has 0 fully saturated rings. The van der Waals surface area contributed by atoms with Crippen LogP contribution in [-0.4, -0.2) is 29.7 Å². The Morgan fingerprint density at radius 1 is 1.15 bits per heavy atom. The van der Waals surface area contributed by atoms with E-state index in [2.05, 4.69) is 10.3 Å². The van der Waals surface area contributed by atoms with Crippen molar-refractivity contribution >= 4 is 17.7 Å². The maximum Gasteiger partial charge on any atom is 0.248 e. The minimum Gasteiger partial charge on any atom is -0.497 e. The highest BCUT2D eigenvalue weighted by Crippen LogP contribution is 2.23. The summed E-state index contributed by atoms with van der Waals surface area (Å²) < 4.78 is 26.2. The topological polar surface area (TPSA) is 65.4 Å². The zero-order valence-electron chi connectivity index (χ0n) is 14.8. The smallest absolute Gasteiger partial charge is 0.248 e.